The van der Waals surface area contributed by atoms with Crippen molar-refractivity contribution in [2.24, 2.45) is 0 Å². The number of imidazole rings is 1. The number of likely N-dealkylation sites (tertiary alicyclic amines) is 1. The van der Waals surface area contributed by atoms with Gasteiger partial charge in [-0.1, -0.05) is 66.6 Å². The van der Waals surface area contributed by atoms with Crippen molar-refractivity contribution in [3.63, 3.8) is 0 Å². The number of aryl methyl sites for hydroxylation is 1. The number of rotatable bonds is 5. The molecule has 0 saturated carbocycles. The van der Waals surface area contributed by atoms with Crippen molar-refractivity contribution in [3.8, 4) is 40.2 Å². The minimum atomic E-state index is -0.0866. The molecule has 7 rings (SSSR count). The predicted octanol–water partition coefficient (Wildman–Crippen LogP) is 5.69. The first-order valence-corrected chi connectivity index (χ1v) is 14.9. The molecule has 0 radical (unpaired) electrons. The van der Waals surface area contributed by atoms with E-state index < -0.39 is 0 Å². The van der Waals surface area contributed by atoms with E-state index in [0.717, 1.165) is 72.5 Å². The van der Waals surface area contributed by atoms with Gasteiger partial charge in [-0.05, 0) is 61.1 Å². The lowest BCUT2D eigenvalue weighted by Gasteiger charge is -2.33. The molecule has 1 amide bonds. The summed E-state index contributed by atoms with van der Waals surface area (Å²) in [6.45, 7) is 1.46. The van der Waals surface area contributed by atoms with E-state index in [2.05, 4.69) is 47.5 Å². The average molecular weight is 568 g/mol. The molecule has 7 heteroatoms. The number of methoxy groups -OCH3 is 1. The van der Waals surface area contributed by atoms with Crippen molar-refractivity contribution in [3.05, 3.63) is 108 Å². The van der Waals surface area contributed by atoms with Gasteiger partial charge in [-0.3, -0.25) is 4.79 Å². The summed E-state index contributed by atoms with van der Waals surface area (Å²) < 4.78 is 7.30. The maximum Gasteiger partial charge on any atom is 0.298 e. The van der Waals surface area contributed by atoms with Gasteiger partial charge >= 0.3 is 0 Å². The van der Waals surface area contributed by atoms with Gasteiger partial charge in [0.1, 0.15) is 5.69 Å². The number of carbonyl (C=O) groups excluding carboxylic acids is 1. The lowest BCUT2D eigenvalue weighted by atomic mass is 9.99. The molecule has 214 valence electrons. The van der Waals surface area contributed by atoms with Crippen molar-refractivity contribution < 1.29 is 9.53 Å². The third-order valence-corrected chi connectivity index (χ3v) is 8.51. The standard InChI is InChI=1S/C36H33N5O2/c1-43-33-18-17-32-38-35(36(41(32)39-33)26-10-6-3-7-11-26)28-13-15-30-27(24-28)14-16-31(30)37-29-20-22-40(23-21-29)34(42)19-12-25-8-4-2-5-9-25/h2-11,13,15,17-18,24,29,31,37H,14,16,20-23H2,1H3/t31-/m0/s1. The van der Waals surface area contributed by atoms with Crippen LogP contribution in [0.25, 0.3) is 28.2 Å². The van der Waals surface area contributed by atoms with Crippen LogP contribution in [0.1, 0.15) is 42.0 Å². The number of hydrogen-bond donors (Lipinski definition) is 1. The van der Waals surface area contributed by atoms with E-state index in [1.54, 1.807) is 7.11 Å². The van der Waals surface area contributed by atoms with Crippen LogP contribution < -0.4 is 10.1 Å². The molecule has 3 aromatic carbocycles. The number of fused-ring (bicyclic) bond motifs is 2. The summed E-state index contributed by atoms with van der Waals surface area (Å²) in [5.41, 5.74) is 8.39. The predicted molar refractivity (Wildman–Crippen MR) is 168 cm³/mol. The highest BCUT2D eigenvalue weighted by Crippen LogP contribution is 2.38. The summed E-state index contributed by atoms with van der Waals surface area (Å²) >= 11 is 0. The molecule has 3 heterocycles. The average Bonchev–Trinajstić information content (AvgIpc) is 3.65. The third-order valence-electron chi connectivity index (χ3n) is 8.51. The number of aromatic nitrogens is 3. The van der Waals surface area contributed by atoms with Crippen LogP contribution in [-0.2, 0) is 11.2 Å². The molecule has 1 aliphatic heterocycles. The highest BCUT2D eigenvalue weighted by atomic mass is 16.5. The zero-order valence-electron chi connectivity index (χ0n) is 24.2. The second-order valence-electron chi connectivity index (χ2n) is 11.2. The van der Waals surface area contributed by atoms with Crippen LogP contribution in [0.5, 0.6) is 5.88 Å². The lowest BCUT2D eigenvalue weighted by Crippen LogP contribution is -2.45. The molecule has 1 aliphatic carbocycles. The Morgan fingerprint density at radius 1 is 0.907 bits per heavy atom. The van der Waals surface area contributed by atoms with E-state index in [9.17, 15) is 4.79 Å². The van der Waals surface area contributed by atoms with Crippen molar-refractivity contribution in [1.82, 2.24) is 24.8 Å². The normalized spacial score (nSPS) is 16.5. The van der Waals surface area contributed by atoms with E-state index in [-0.39, 0.29) is 5.91 Å². The number of hydrogen-bond acceptors (Lipinski definition) is 5. The largest absolute Gasteiger partial charge is 0.480 e. The van der Waals surface area contributed by atoms with Crippen LogP contribution in [0.2, 0.25) is 0 Å². The Morgan fingerprint density at radius 2 is 1.67 bits per heavy atom. The summed E-state index contributed by atoms with van der Waals surface area (Å²) in [4.78, 5) is 19.5. The van der Waals surface area contributed by atoms with Gasteiger partial charge in [0.05, 0.1) is 12.8 Å². The summed E-state index contributed by atoms with van der Waals surface area (Å²) in [6.07, 6.45) is 3.95. The molecule has 2 aliphatic rings. The SMILES string of the molecule is COc1ccc2nc(-c3ccc4c(c3)CC[C@@H]4NC3CCN(C(=O)C#Cc4ccccc4)CC3)c(-c3ccccc3)n2n1. The fourth-order valence-electron chi connectivity index (χ4n) is 6.28. The lowest BCUT2D eigenvalue weighted by molar-refractivity contribution is -0.126. The van der Waals surface area contributed by atoms with E-state index in [4.69, 9.17) is 14.8 Å². The van der Waals surface area contributed by atoms with Crippen LogP contribution in [0, 0.1) is 11.8 Å². The molecule has 5 aromatic rings. The van der Waals surface area contributed by atoms with E-state index >= 15 is 0 Å². The fraction of sp³-hybridized carbons (Fsp3) is 0.250. The molecule has 0 bridgehead atoms. The van der Waals surface area contributed by atoms with Crippen LogP contribution in [0.3, 0.4) is 0 Å². The van der Waals surface area contributed by atoms with E-state index in [1.165, 1.54) is 11.1 Å². The van der Waals surface area contributed by atoms with Gasteiger partial charge in [0, 0.05) is 53.9 Å². The molecule has 0 spiro atoms. The van der Waals surface area contributed by atoms with E-state index in [0.29, 0.717) is 18.0 Å². The van der Waals surface area contributed by atoms with Crippen molar-refractivity contribution in [2.75, 3.05) is 20.2 Å². The number of nitrogens with one attached hydrogen (secondary N) is 1. The molecule has 1 fully saturated rings. The summed E-state index contributed by atoms with van der Waals surface area (Å²) in [5.74, 6) is 6.27. The quantitative estimate of drug-likeness (QED) is 0.276. The second-order valence-corrected chi connectivity index (χ2v) is 11.2. The smallest absolute Gasteiger partial charge is 0.298 e. The molecule has 7 nitrogen and oxygen atoms in total. The Bertz CT molecular complexity index is 1830. The molecule has 43 heavy (non-hydrogen) atoms. The first-order chi connectivity index (χ1) is 21.2. The summed E-state index contributed by atoms with van der Waals surface area (Å²) in [5, 5.41) is 8.60. The van der Waals surface area contributed by atoms with Crippen LogP contribution >= 0.6 is 0 Å². The highest BCUT2D eigenvalue weighted by Gasteiger charge is 2.29. The molecular formula is C36H33N5O2. The topological polar surface area (TPSA) is 71.8 Å². The van der Waals surface area contributed by atoms with Crippen molar-refractivity contribution in [2.45, 2.75) is 37.8 Å². The number of benzene rings is 3. The summed E-state index contributed by atoms with van der Waals surface area (Å²) in [6, 6.07) is 31.2. The molecule has 0 unspecified atom stereocenters. The van der Waals surface area contributed by atoms with E-state index in [1.807, 2.05) is 70.1 Å². The van der Waals surface area contributed by atoms with Crippen molar-refractivity contribution >= 4 is 11.6 Å². The molecule has 1 atom stereocenters. The highest BCUT2D eigenvalue weighted by molar-refractivity contribution is 5.94. The first kappa shape index (κ1) is 26.9. The second kappa shape index (κ2) is 11.7. The fourth-order valence-corrected chi connectivity index (χ4v) is 6.28. The first-order valence-electron chi connectivity index (χ1n) is 14.9. The Hall–Kier alpha value is -4.93. The van der Waals surface area contributed by atoms with Crippen molar-refractivity contribution in [1.29, 1.82) is 0 Å². The Morgan fingerprint density at radius 3 is 2.44 bits per heavy atom. The number of piperidine rings is 1. The maximum atomic E-state index is 12.7. The Balaban J connectivity index is 1.07. The van der Waals surface area contributed by atoms with Crippen LogP contribution in [0.15, 0.2) is 91.0 Å². The van der Waals surface area contributed by atoms with Crippen LogP contribution in [0.4, 0.5) is 0 Å². The number of amides is 1. The van der Waals surface area contributed by atoms with Crippen LogP contribution in [-0.4, -0.2) is 51.6 Å². The number of nitrogens with zero attached hydrogens (tertiary/aromatic N) is 4. The van der Waals surface area contributed by atoms with Gasteiger partial charge in [-0.25, -0.2) is 9.50 Å². The van der Waals surface area contributed by atoms with Gasteiger partial charge < -0.3 is 15.0 Å². The van der Waals surface area contributed by atoms with Gasteiger partial charge in [0.25, 0.3) is 5.91 Å². The number of ether oxygens (including phenoxy) is 1. The zero-order valence-corrected chi connectivity index (χ0v) is 24.2. The maximum absolute atomic E-state index is 12.7. The molecule has 1 saturated heterocycles. The van der Waals surface area contributed by atoms with Gasteiger partial charge in [0.15, 0.2) is 5.65 Å². The molecular weight excluding hydrogens is 534 g/mol. The minimum absolute atomic E-state index is 0.0866. The Kier molecular flexibility index (Phi) is 7.36. The van der Waals surface area contributed by atoms with Gasteiger partial charge in [-0.2, -0.15) is 0 Å². The minimum Gasteiger partial charge on any atom is -0.480 e. The third kappa shape index (κ3) is 5.50. The zero-order chi connectivity index (χ0) is 29.2. The van der Waals surface area contributed by atoms with Gasteiger partial charge in [0.2, 0.25) is 5.88 Å². The monoisotopic (exact) mass is 567 g/mol. The molecule has 2 aromatic heterocycles. The number of carbonyl (C=O) groups is 1. The van der Waals surface area contributed by atoms with Gasteiger partial charge in [-0.15, -0.1) is 5.10 Å². The molecule has 1 N–H and O–H groups in total. The Labute approximate surface area is 251 Å². The summed E-state index contributed by atoms with van der Waals surface area (Å²) in [7, 11) is 1.63.